The maximum atomic E-state index is 14.8. The van der Waals surface area contributed by atoms with E-state index in [1.165, 1.54) is 6.07 Å². The largest absolute Gasteiger partial charge is 0.440 e. The molecule has 1 aliphatic heterocycles. The van der Waals surface area contributed by atoms with Gasteiger partial charge >= 0.3 is 0 Å². The lowest BCUT2D eigenvalue weighted by Crippen LogP contribution is -2.42. The van der Waals surface area contributed by atoms with Gasteiger partial charge in [0.2, 0.25) is 11.8 Å². The average molecular weight is 581 g/mol. The van der Waals surface area contributed by atoms with E-state index < -0.39 is 32.9 Å². The number of nitriles is 1. The first-order valence-corrected chi connectivity index (χ1v) is 15.7. The van der Waals surface area contributed by atoms with E-state index in [0.717, 1.165) is 30.7 Å². The molecule has 2 saturated carbocycles. The fraction of sp³-hybridized carbons (Fsp3) is 0.433. The van der Waals surface area contributed by atoms with Crippen molar-refractivity contribution in [2.75, 3.05) is 29.5 Å². The highest BCUT2D eigenvalue weighted by atomic mass is 32.2. The van der Waals surface area contributed by atoms with Gasteiger partial charge in [0, 0.05) is 42.2 Å². The second-order valence-electron chi connectivity index (χ2n) is 11.2. The van der Waals surface area contributed by atoms with Gasteiger partial charge in [0.05, 0.1) is 23.1 Å². The van der Waals surface area contributed by atoms with Crippen LogP contribution in [0.25, 0.3) is 22.7 Å². The van der Waals surface area contributed by atoms with E-state index in [1.54, 1.807) is 0 Å². The quantitative estimate of drug-likeness (QED) is 0.438. The number of halogens is 2. The van der Waals surface area contributed by atoms with E-state index in [0.29, 0.717) is 55.8 Å². The van der Waals surface area contributed by atoms with Gasteiger partial charge in [0.1, 0.15) is 28.6 Å². The lowest BCUT2D eigenvalue weighted by atomic mass is 9.76. The van der Waals surface area contributed by atoms with Crippen molar-refractivity contribution in [3.63, 3.8) is 0 Å². The number of oxazole rings is 1. The topological polar surface area (TPSA) is 116 Å². The van der Waals surface area contributed by atoms with Crippen molar-refractivity contribution in [3.05, 3.63) is 59.9 Å². The number of nitrogens with zero attached hydrogens (tertiary/aromatic N) is 3. The third-order valence-corrected chi connectivity index (χ3v) is 10.0. The van der Waals surface area contributed by atoms with Crippen LogP contribution >= 0.6 is 0 Å². The summed E-state index contributed by atoms with van der Waals surface area (Å²) in [4.78, 5) is 20.1. The number of hydrogen-bond acceptors (Lipinski definition) is 7. The minimum absolute atomic E-state index is 0.00164. The molecule has 6 rings (SSSR count). The predicted octanol–water partition coefficient (Wildman–Crippen LogP) is 4.97. The highest BCUT2D eigenvalue weighted by molar-refractivity contribution is 7.91. The molecule has 3 aromatic rings. The maximum Gasteiger partial charge on any atom is 0.229 e. The molecule has 8 nitrogen and oxygen atoms in total. The summed E-state index contributed by atoms with van der Waals surface area (Å²) in [5, 5.41) is 12.4. The van der Waals surface area contributed by atoms with Gasteiger partial charge in [-0.05, 0) is 49.9 Å². The Morgan fingerprint density at radius 2 is 1.78 bits per heavy atom. The summed E-state index contributed by atoms with van der Waals surface area (Å²) < 4.78 is 58.4. The van der Waals surface area contributed by atoms with Crippen molar-refractivity contribution in [2.45, 2.75) is 50.0 Å². The molecule has 2 atom stereocenters. The normalized spacial score (nSPS) is 23.0. The molecule has 1 amide bonds. The molecular weight excluding hydrogens is 550 g/mol. The summed E-state index contributed by atoms with van der Waals surface area (Å²) >= 11 is 0. The first-order chi connectivity index (χ1) is 19.7. The van der Waals surface area contributed by atoms with Crippen LogP contribution in [0.2, 0.25) is 0 Å². The molecule has 0 unspecified atom stereocenters. The van der Waals surface area contributed by atoms with E-state index in [4.69, 9.17) is 4.42 Å². The fourth-order valence-corrected chi connectivity index (χ4v) is 7.05. The van der Waals surface area contributed by atoms with Crippen LogP contribution in [0, 0.1) is 28.9 Å². The Balaban J connectivity index is 1.37. The Hall–Kier alpha value is -3.78. The first-order valence-electron chi connectivity index (χ1n) is 13.9. The van der Waals surface area contributed by atoms with Crippen LogP contribution in [-0.2, 0) is 14.6 Å². The number of anilines is 1. The lowest BCUT2D eigenvalue weighted by Gasteiger charge is -2.30. The third kappa shape index (κ3) is 5.58. The number of carbonyl (C=O) groups excluding carboxylic acids is 1. The minimum atomic E-state index is -3.01. The van der Waals surface area contributed by atoms with Crippen molar-refractivity contribution in [1.82, 2.24) is 10.3 Å². The number of benzene rings is 2. The minimum Gasteiger partial charge on any atom is -0.440 e. The van der Waals surface area contributed by atoms with Crippen LogP contribution in [0.15, 0.2) is 46.9 Å². The number of nitrogens with one attached hydrogen (secondary N) is 1. The first kappa shape index (κ1) is 27.4. The Morgan fingerprint density at radius 3 is 2.44 bits per heavy atom. The van der Waals surface area contributed by atoms with Gasteiger partial charge in [0.25, 0.3) is 0 Å². The number of sulfone groups is 1. The molecule has 1 saturated heterocycles. The second-order valence-corrected chi connectivity index (χ2v) is 13.5. The molecule has 0 bridgehead atoms. The zero-order valence-corrected chi connectivity index (χ0v) is 23.2. The summed E-state index contributed by atoms with van der Waals surface area (Å²) in [6.45, 7) is 0.821. The predicted molar refractivity (Wildman–Crippen MR) is 149 cm³/mol. The van der Waals surface area contributed by atoms with E-state index in [1.807, 2.05) is 29.2 Å². The Labute approximate surface area is 237 Å². The molecule has 0 spiro atoms. The second kappa shape index (κ2) is 10.6. The van der Waals surface area contributed by atoms with Gasteiger partial charge in [0.15, 0.2) is 9.84 Å². The molecule has 2 aromatic carbocycles. The molecule has 2 aliphatic carbocycles. The van der Waals surface area contributed by atoms with Gasteiger partial charge in [-0.2, -0.15) is 5.26 Å². The fourth-order valence-electron chi connectivity index (χ4n) is 5.85. The molecule has 2 heterocycles. The molecule has 1 N–H and O–H groups in total. The summed E-state index contributed by atoms with van der Waals surface area (Å²) in [5.41, 5.74) is 1.27. The average Bonchev–Trinajstić information content (AvgIpc) is 3.60. The third-order valence-electron chi connectivity index (χ3n) is 8.43. The van der Waals surface area contributed by atoms with Crippen LogP contribution in [0.3, 0.4) is 0 Å². The maximum absolute atomic E-state index is 14.8. The SMILES string of the molecule is N#CC1(NC(=O)[C@@H]2CCCC[C@H]2c2oc(-c3ccc(F)cc3F)nc2-c2ccc(N3CCS(=O)(=O)CC3)cc2)CC1. The van der Waals surface area contributed by atoms with Gasteiger partial charge in [-0.15, -0.1) is 0 Å². The molecule has 0 radical (unpaired) electrons. The standard InChI is InChI=1S/C30H30F2N4O4S/c31-20-7-10-24(25(32)17-20)29-34-26(19-5-8-21(9-6-19)36-13-15-41(38,39)16-14-36)27(40-29)22-3-1-2-4-23(22)28(37)35-30(18-33)11-12-30/h5-10,17,22-23H,1-4,11-16H2,(H,35,37)/t22-,23-/m1/s1. The van der Waals surface area contributed by atoms with Crippen molar-refractivity contribution in [1.29, 1.82) is 5.26 Å². The van der Waals surface area contributed by atoms with Crippen molar-refractivity contribution >= 4 is 21.4 Å². The van der Waals surface area contributed by atoms with Crippen molar-refractivity contribution < 1.29 is 26.4 Å². The molecule has 11 heteroatoms. The van der Waals surface area contributed by atoms with E-state index >= 15 is 0 Å². The monoisotopic (exact) mass is 580 g/mol. The lowest BCUT2D eigenvalue weighted by molar-refractivity contribution is -0.127. The van der Waals surface area contributed by atoms with Crippen LogP contribution < -0.4 is 10.2 Å². The van der Waals surface area contributed by atoms with Gasteiger partial charge in [-0.3, -0.25) is 4.79 Å². The van der Waals surface area contributed by atoms with Crippen LogP contribution in [0.4, 0.5) is 14.5 Å². The summed E-state index contributed by atoms with van der Waals surface area (Å²) in [7, 11) is -3.01. The van der Waals surface area contributed by atoms with Gasteiger partial charge < -0.3 is 14.6 Å². The van der Waals surface area contributed by atoms with E-state index in [9.17, 15) is 27.3 Å². The van der Waals surface area contributed by atoms with Crippen LogP contribution in [-0.4, -0.2) is 49.4 Å². The van der Waals surface area contributed by atoms with Gasteiger partial charge in [-0.25, -0.2) is 22.2 Å². The molecule has 1 aromatic heterocycles. The Morgan fingerprint density at radius 1 is 1.07 bits per heavy atom. The molecule has 3 aliphatic rings. The zero-order chi connectivity index (χ0) is 28.8. The number of rotatable bonds is 6. The summed E-state index contributed by atoms with van der Waals surface area (Å²) in [6, 6.07) is 12.9. The smallest absolute Gasteiger partial charge is 0.229 e. The van der Waals surface area contributed by atoms with E-state index in [-0.39, 0.29) is 34.8 Å². The highest BCUT2D eigenvalue weighted by Crippen LogP contribution is 2.45. The Bertz CT molecular complexity index is 1610. The molecule has 214 valence electrons. The van der Waals surface area contributed by atoms with Crippen LogP contribution in [0.1, 0.15) is 50.2 Å². The van der Waals surface area contributed by atoms with Crippen LogP contribution in [0.5, 0.6) is 0 Å². The molecule has 3 fully saturated rings. The van der Waals surface area contributed by atoms with E-state index in [2.05, 4.69) is 16.4 Å². The summed E-state index contributed by atoms with van der Waals surface area (Å²) in [6.07, 6.45) is 4.26. The summed E-state index contributed by atoms with van der Waals surface area (Å²) in [5.74, 6) is -1.83. The zero-order valence-electron chi connectivity index (χ0n) is 22.4. The Kier molecular flexibility index (Phi) is 7.06. The molecule has 41 heavy (non-hydrogen) atoms. The number of carbonyl (C=O) groups is 1. The van der Waals surface area contributed by atoms with Gasteiger partial charge in [-0.1, -0.05) is 25.0 Å². The number of amides is 1. The van der Waals surface area contributed by atoms with Crippen molar-refractivity contribution in [3.8, 4) is 28.8 Å². The van der Waals surface area contributed by atoms with Crippen molar-refractivity contribution in [2.24, 2.45) is 5.92 Å². The number of hydrogen-bond donors (Lipinski definition) is 1. The molecular formula is C30H30F2N4O4S. The number of aromatic nitrogens is 1. The highest BCUT2D eigenvalue weighted by Gasteiger charge is 2.47.